The normalized spacial score (nSPS) is 9.62. The van der Waals surface area contributed by atoms with Crippen LogP contribution in [0.1, 0.15) is 44.6 Å². The molecule has 0 aliphatic heterocycles. The average Bonchev–Trinajstić information content (AvgIpc) is 1.07. The Hall–Kier alpha value is -10.3. The van der Waals surface area contributed by atoms with Gasteiger partial charge in [-0.15, -0.1) is 0 Å². The van der Waals surface area contributed by atoms with E-state index in [0.717, 1.165) is 72.9 Å². The zero-order valence-corrected chi connectivity index (χ0v) is 78.0. The molecular weight excluding hydrogens is 1870 g/mol. The summed E-state index contributed by atoms with van der Waals surface area (Å²) in [5.74, 6) is -5.64. The fourth-order valence-corrected chi connectivity index (χ4v) is 7.03. The fraction of sp³-hybridized carbons (Fsp3) is 0.625. The summed E-state index contributed by atoms with van der Waals surface area (Å²) in [4.78, 5) is 128. The lowest BCUT2D eigenvalue weighted by molar-refractivity contribution is -0.142. The van der Waals surface area contributed by atoms with E-state index in [2.05, 4.69) is 97.9 Å². The largest absolute Gasteiger partial charge is 0.460 e. The SMILES string of the molecule is C.C.C.C.C.C.C=CC(=O)OCCOCCOC(=O)C=C.C=CC(=O)OCCOCCOCCOC(=O)C=C.C=CC(=O)OCCOCCOCCOCCOC(=O)C=C.C=CC(=O)OCCOCCOCCOCCOCCOC(=O)C=C.C=CC(=O)OCCOCCOCCOCCOCCOC(=O)C=C.C=CC(=O)OCCOCCOCCOCCOCCOCCOCCOCCOC(=O)C=C. The predicted octanol–water partition coefficient (Wildman–Crippen LogP) is 6.83. The van der Waals surface area contributed by atoms with Gasteiger partial charge in [-0.2, -0.15) is 0 Å². The van der Waals surface area contributed by atoms with E-state index in [0.29, 0.717) is 264 Å². The minimum Gasteiger partial charge on any atom is -0.460 e. The van der Waals surface area contributed by atoms with Crippen molar-refractivity contribution in [3.63, 3.8) is 0 Å². The third-order valence-corrected chi connectivity index (χ3v) is 13.2. The molecule has 45 nitrogen and oxygen atoms in total. The number of hydrogen-bond acceptors (Lipinski definition) is 45. The van der Waals surface area contributed by atoms with Crippen molar-refractivity contribution in [1.29, 1.82) is 0 Å². The molecule has 0 aromatic rings. The van der Waals surface area contributed by atoms with Gasteiger partial charge in [0.2, 0.25) is 0 Å². The first-order chi connectivity index (χ1) is 65.7. The topological polar surface area (TPSA) is 509 Å². The van der Waals surface area contributed by atoms with Crippen molar-refractivity contribution in [2.24, 2.45) is 0 Å². The van der Waals surface area contributed by atoms with Crippen molar-refractivity contribution in [2.75, 3.05) is 357 Å². The summed E-state index contributed by atoms with van der Waals surface area (Å²) in [5.41, 5.74) is 0. The van der Waals surface area contributed by atoms with Gasteiger partial charge in [-0.1, -0.05) is 124 Å². The number of esters is 12. The van der Waals surface area contributed by atoms with Crippen LogP contribution in [0.25, 0.3) is 0 Å². The zero-order valence-electron chi connectivity index (χ0n) is 78.0. The molecule has 0 heterocycles. The summed E-state index contributed by atoms with van der Waals surface area (Å²) < 4.78 is 167. The number of carbonyl (C=O) groups excluding carboxylic acids is 12. The summed E-state index contributed by atoms with van der Waals surface area (Å²) in [6.45, 7) is 58.2. The first-order valence-corrected chi connectivity index (χ1v) is 42.4. The molecular formula is C96H168O45. The maximum absolute atomic E-state index is 10.8. The van der Waals surface area contributed by atoms with Crippen molar-refractivity contribution in [3.8, 4) is 0 Å². The molecule has 0 saturated heterocycles. The van der Waals surface area contributed by atoms with E-state index in [9.17, 15) is 57.5 Å². The molecule has 141 heavy (non-hydrogen) atoms. The van der Waals surface area contributed by atoms with E-state index in [-0.39, 0.29) is 137 Å². The molecule has 0 amide bonds. The first-order valence-electron chi connectivity index (χ1n) is 42.4. The van der Waals surface area contributed by atoms with E-state index in [1.807, 2.05) is 0 Å². The van der Waals surface area contributed by atoms with Crippen LogP contribution in [-0.4, -0.2) is 428 Å². The Morgan fingerprint density at radius 3 is 0.184 bits per heavy atom. The highest BCUT2D eigenvalue weighted by Crippen LogP contribution is 1.95. The first kappa shape index (κ1) is 156. The minimum absolute atomic E-state index is 0. The van der Waals surface area contributed by atoms with Gasteiger partial charge in [-0.25, -0.2) is 57.5 Å². The molecule has 0 bridgehead atoms. The summed E-state index contributed by atoms with van der Waals surface area (Å²) in [7, 11) is 0. The van der Waals surface area contributed by atoms with Gasteiger partial charge in [0, 0.05) is 72.9 Å². The lowest BCUT2D eigenvalue weighted by Crippen LogP contribution is -2.15. The molecule has 0 saturated carbocycles. The van der Waals surface area contributed by atoms with Crippen LogP contribution in [0.5, 0.6) is 0 Å². The molecule has 0 N–H and O–H groups in total. The fourth-order valence-electron chi connectivity index (χ4n) is 7.03. The van der Waals surface area contributed by atoms with Gasteiger partial charge in [0.25, 0.3) is 0 Å². The van der Waals surface area contributed by atoms with Gasteiger partial charge in [0.15, 0.2) is 0 Å². The number of carbonyl (C=O) groups is 12. The molecule has 0 aromatic carbocycles. The minimum atomic E-state index is -0.489. The Morgan fingerprint density at radius 2 is 0.142 bits per heavy atom. The molecule has 0 aromatic heterocycles. The van der Waals surface area contributed by atoms with Crippen molar-refractivity contribution in [3.05, 3.63) is 152 Å². The Bertz CT molecular complexity index is 2760. The van der Waals surface area contributed by atoms with Gasteiger partial charge >= 0.3 is 71.6 Å². The highest BCUT2D eigenvalue weighted by Gasteiger charge is 2.07. The molecule has 0 spiro atoms. The molecule has 0 fully saturated rings. The van der Waals surface area contributed by atoms with Crippen LogP contribution in [0.4, 0.5) is 0 Å². The van der Waals surface area contributed by atoms with E-state index < -0.39 is 71.6 Å². The summed E-state index contributed by atoms with van der Waals surface area (Å²) in [5, 5.41) is 0. The van der Waals surface area contributed by atoms with E-state index in [4.69, 9.17) is 137 Å². The third kappa shape index (κ3) is 150. The molecule has 0 aliphatic carbocycles. The quantitative estimate of drug-likeness (QED) is 0.0260. The van der Waals surface area contributed by atoms with Gasteiger partial charge in [0.1, 0.15) is 79.3 Å². The molecule has 0 radical (unpaired) electrons. The second-order valence-corrected chi connectivity index (χ2v) is 23.3. The summed E-state index contributed by atoms with van der Waals surface area (Å²) in [6.07, 6.45) is 13.2. The predicted molar refractivity (Wildman–Crippen MR) is 521 cm³/mol. The number of rotatable bonds is 93. The molecule has 45 heteroatoms. The van der Waals surface area contributed by atoms with Gasteiger partial charge in [-0.3, -0.25) is 0 Å². The second kappa shape index (κ2) is 138. The van der Waals surface area contributed by atoms with Crippen LogP contribution in [0, 0.1) is 0 Å². The average molecular weight is 2040 g/mol. The lowest BCUT2D eigenvalue weighted by Gasteiger charge is -2.08. The van der Waals surface area contributed by atoms with E-state index in [1.165, 1.54) is 0 Å². The smallest absolute Gasteiger partial charge is 0.330 e. The van der Waals surface area contributed by atoms with Crippen molar-refractivity contribution in [1.82, 2.24) is 0 Å². The van der Waals surface area contributed by atoms with E-state index in [1.54, 1.807) is 0 Å². The summed E-state index contributed by atoms with van der Waals surface area (Å²) >= 11 is 0. The Morgan fingerprint density at radius 1 is 0.0993 bits per heavy atom. The Labute approximate surface area is 835 Å². The van der Waals surface area contributed by atoms with Gasteiger partial charge in [-0.05, 0) is 0 Å². The van der Waals surface area contributed by atoms with Crippen LogP contribution in [0.15, 0.2) is 152 Å². The maximum atomic E-state index is 10.8. The van der Waals surface area contributed by atoms with Crippen molar-refractivity contribution >= 4 is 71.6 Å². The van der Waals surface area contributed by atoms with E-state index >= 15 is 0 Å². The van der Waals surface area contributed by atoms with Crippen LogP contribution < -0.4 is 0 Å². The monoisotopic (exact) mass is 2040 g/mol. The molecule has 0 aliphatic rings. The zero-order chi connectivity index (χ0) is 101. The van der Waals surface area contributed by atoms with Crippen LogP contribution in [0.2, 0.25) is 0 Å². The molecule has 0 unspecified atom stereocenters. The standard InChI is InChI=1S/C22H38O11.2C16H26O8.C14H22O7.C12H18O6.C10H14O5.6CH4/c1-3-21(23)32-19-17-30-15-13-28-11-9-26-7-5-25-6-8-27-10-12-29-14-16-31-18-20-33-22(24)4-2;2*1-3-15(17)23-13-11-21-9-7-19-5-6-20-8-10-22-12-14-24-16(18)4-2;1-3-13(15)20-11-9-18-7-5-17-6-8-19-10-12-21-14(16)4-2;1-3-11(13)17-9-7-15-5-6-16-8-10-18-12(14)4-2;1-3-9(11)14-7-5-13-6-8-15-10(12)4-2;;;;;;/h3-4H,1-2,5-20H2;2*3-4H,1-2,5-14H2;3-4H,1-2,5-12H2;3-4H,1-2,5-10H2;3-4H,1-2,5-8H2;6*1H4. The highest BCUT2D eigenvalue weighted by molar-refractivity contribution is 5.85. The Kier molecular flexibility index (Phi) is 153. The van der Waals surface area contributed by atoms with Gasteiger partial charge < -0.3 is 156 Å². The van der Waals surface area contributed by atoms with Crippen LogP contribution >= 0.6 is 0 Å². The van der Waals surface area contributed by atoms with Gasteiger partial charge in [0.05, 0.1) is 277 Å². The summed E-state index contributed by atoms with van der Waals surface area (Å²) in [6, 6.07) is 0. The second-order valence-electron chi connectivity index (χ2n) is 23.3. The van der Waals surface area contributed by atoms with Crippen molar-refractivity contribution in [2.45, 2.75) is 44.6 Å². The molecule has 0 rings (SSSR count). The third-order valence-electron chi connectivity index (χ3n) is 13.2. The number of hydrogen-bond donors (Lipinski definition) is 0. The maximum Gasteiger partial charge on any atom is 0.330 e. The lowest BCUT2D eigenvalue weighted by atomic mass is 10.6. The number of ether oxygens (including phenoxy) is 33. The Balaban J connectivity index is -0.000000143. The van der Waals surface area contributed by atoms with Crippen molar-refractivity contribution < 1.29 is 214 Å². The van der Waals surface area contributed by atoms with Crippen LogP contribution in [-0.2, 0) is 214 Å². The highest BCUT2D eigenvalue weighted by atomic mass is 16.6. The van der Waals surface area contributed by atoms with Crippen LogP contribution in [0.3, 0.4) is 0 Å². The molecule has 822 valence electrons. The molecule has 0 atom stereocenters.